The first-order valence-corrected chi connectivity index (χ1v) is 5.83. The first kappa shape index (κ1) is 15.9. The molecule has 0 N–H and O–H groups in total. The topological polar surface area (TPSA) is 32.7 Å². The molecular formula is C14H15F3N2O. The molecule has 1 rings (SSSR count). The molecule has 0 spiro atoms. The maximum Gasteiger partial charge on any atom is 0.417 e. The Morgan fingerprint density at radius 1 is 1.20 bits per heavy atom. The number of hydrogen-bond donors (Lipinski definition) is 0. The smallest absolute Gasteiger partial charge is 0.303 e. The van der Waals surface area contributed by atoms with Crippen LogP contribution in [0.2, 0.25) is 0 Å². The van der Waals surface area contributed by atoms with Crippen LogP contribution in [-0.2, 0) is 4.79 Å². The lowest BCUT2D eigenvalue weighted by molar-refractivity contribution is -0.109. The highest BCUT2D eigenvalue weighted by molar-refractivity contribution is 6.44. The first-order chi connectivity index (χ1) is 9.21. The average molecular weight is 284 g/mol. The summed E-state index contributed by atoms with van der Waals surface area (Å²) < 4.78 is 39.1. The summed E-state index contributed by atoms with van der Waals surface area (Å²) in [6.07, 6.45) is -4.02. The second-order valence-electron chi connectivity index (χ2n) is 4.32. The number of benzene rings is 1. The molecule has 6 heteroatoms. The van der Waals surface area contributed by atoms with E-state index in [2.05, 4.69) is 5.10 Å². The Morgan fingerprint density at radius 3 is 2.20 bits per heavy atom. The molecule has 3 nitrogen and oxygen atoms in total. The molecule has 0 heterocycles. The molecule has 0 aliphatic heterocycles. The SMILES string of the molecule is C/C(=N\N(C)C)C(=O)/C=C(\c1ccccc1)C(F)(F)F. The highest BCUT2D eigenvalue weighted by Gasteiger charge is 2.35. The fourth-order valence-electron chi connectivity index (χ4n) is 1.53. The molecule has 20 heavy (non-hydrogen) atoms. The van der Waals surface area contributed by atoms with Gasteiger partial charge in [-0.1, -0.05) is 30.3 Å². The maximum atomic E-state index is 13.0. The number of hydrogen-bond acceptors (Lipinski definition) is 3. The Labute approximate surface area is 115 Å². The van der Waals surface area contributed by atoms with E-state index in [1.54, 1.807) is 20.2 Å². The number of carbonyl (C=O) groups excluding carboxylic acids is 1. The molecule has 0 radical (unpaired) electrons. The normalized spacial score (nSPS) is 13.3. The summed E-state index contributed by atoms with van der Waals surface area (Å²) in [5.74, 6) is -0.769. The molecule has 0 saturated heterocycles. The van der Waals surface area contributed by atoms with Crippen molar-refractivity contribution >= 4 is 17.1 Å². The van der Waals surface area contributed by atoms with Gasteiger partial charge in [0.2, 0.25) is 5.78 Å². The van der Waals surface area contributed by atoms with Gasteiger partial charge >= 0.3 is 6.18 Å². The van der Waals surface area contributed by atoms with E-state index in [1.165, 1.54) is 36.2 Å². The van der Waals surface area contributed by atoms with E-state index in [0.29, 0.717) is 6.08 Å². The second kappa shape index (κ2) is 6.36. The van der Waals surface area contributed by atoms with Gasteiger partial charge in [0.25, 0.3) is 0 Å². The van der Waals surface area contributed by atoms with Crippen molar-refractivity contribution in [2.45, 2.75) is 13.1 Å². The van der Waals surface area contributed by atoms with Crippen LogP contribution in [0.4, 0.5) is 13.2 Å². The van der Waals surface area contributed by atoms with Crippen molar-refractivity contribution in [2.24, 2.45) is 5.10 Å². The zero-order valence-corrected chi connectivity index (χ0v) is 11.4. The van der Waals surface area contributed by atoms with Crippen molar-refractivity contribution in [3.8, 4) is 0 Å². The Kier molecular flexibility index (Phi) is 5.07. The summed E-state index contributed by atoms with van der Waals surface area (Å²) in [5.41, 5.74) is -1.03. The molecule has 1 aromatic carbocycles. The average Bonchev–Trinajstić information content (AvgIpc) is 2.34. The van der Waals surface area contributed by atoms with E-state index in [0.717, 1.165) is 0 Å². The predicted molar refractivity (Wildman–Crippen MR) is 72.3 cm³/mol. The summed E-state index contributed by atoms with van der Waals surface area (Å²) in [6.45, 7) is 1.37. The van der Waals surface area contributed by atoms with Crippen molar-refractivity contribution in [3.05, 3.63) is 42.0 Å². The van der Waals surface area contributed by atoms with E-state index in [1.807, 2.05) is 0 Å². The molecule has 0 amide bonds. The quantitative estimate of drug-likeness (QED) is 0.483. The third-order valence-electron chi connectivity index (χ3n) is 2.37. The third-order valence-corrected chi connectivity index (χ3v) is 2.37. The number of nitrogens with zero attached hydrogens (tertiary/aromatic N) is 2. The van der Waals surface area contributed by atoms with E-state index in [9.17, 15) is 18.0 Å². The van der Waals surface area contributed by atoms with Gasteiger partial charge in [0.15, 0.2) is 0 Å². The van der Waals surface area contributed by atoms with E-state index in [-0.39, 0.29) is 11.3 Å². The van der Waals surface area contributed by atoms with Gasteiger partial charge in [-0.15, -0.1) is 0 Å². The number of allylic oxidation sites excluding steroid dienone is 2. The molecular weight excluding hydrogens is 269 g/mol. The molecule has 0 fully saturated rings. The highest BCUT2D eigenvalue weighted by Crippen LogP contribution is 2.33. The monoisotopic (exact) mass is 284 g/mol. The van der Waals surface area contributed by atoms with Gasteiger partial charge < -0.3 is 5.01 Å². The number of alkyl halides is 3. The molecule has 0 aliphatic rings. The largest absolute Gasteiger partial charge is 0.417 e. The zero-order chi connectivity index (χ0) is 15.3. The minimum Gasteiger partial charge on any atom is -0.303 e. The van der Waals surface area contributed by atoms with Crippen LogP contribution >= 0.6 is 0 Å². The predicted octanol–water partition coefficient (Wildman–Crippen LogP) is 3.14. The lowest BCUT2D eigenvalue weighted by atomic mass is 10.0. The summed E-state index contributed by atoms with van der Waals surface area (Å²) in [7, 11) is 3.17. The van der Waals surface area contributed by atoms with Crippen LogP contribution in [0.1, 0.15) is 12.5 Å². The van der Waals surface area contributed by atoms with Crippen molar-refractivity contribution in [3.63, 3.8) is 0 Å². The van der Waals surface area contributed by atoms with Crippen LogP contribution < -0.4 is 0 Å². The van der Waals surface area contributed by atoms with Gasteiger partial charge in [-0.2, -0.15) is 18.3 Å². The Morgan fingerprint density at radius 2 is 1.75 bits per heavy atom. The highest BCUT2D eigenvalue weighted by atomic mass is 19.4. The number of hydrazone groups is 1. The summed E-state index contributed by atoms with van der Waals surface area (Å²) >= 11 is 0. The standard InChI is InChI=1S/C14H15F3N2O/c1-10(18-19(2)3)13(20)9-12(14(15,16)17)11-7-5-4-6-8-11/h4-9H,1-3H3/b12-9+,18-10+. The summed E-state index contributed by atoms with van der Waals surface area (Å²) in [5, 5.41) is 5.15. The van der Waals surface area contributed by atoms with Gasteiger partial charge in [0, 0.05) is 20.2 Å². The summed E-state index contributed by atoms with van der Waals surface area (Å²) in [4.78, 5) is 11.8. The van der Waals surface area contributed by atoms with Crippen molar-refractivity contribution in [1.82, 2.24) is 5.01 Å². The zero-order valence-electron chi connectivity index (χ0n) is 11.4. The Balaban J connectivity index is 3.20. The number of halogens is 3. The fourth-order valence-corrected chi connectivity index (χ4v) is 1.53. The second-order valence-corrected chi connectivity index (χ2v) is 4.32. The minimum absolute atomic E-state index is 0.00678. The number of carbonyl (C=O) groups is 1. The molecule has 0 aliphatic carbocycles. The van der Waals surface area contributed by atoms with Crippen LogP contribution in [0.3, 0.4) is 0 Å². The van der Waals surface area contributed by atoms with Gasteiger partial charge in [0.1, 0.15) is 5.71 Å². The van der Waals surface area contributed by atoms with Crippen LogP contribution in [0.5, 0.6) is 0 Å². The van der Waals surface area contributed by atoms with E-state index >= 15 is 0 Å². The molecule has 0 unspecified atom stereocenters. The van der Waals surface area contributed by atoms with E-state index < -0.39 is 17.5 Å². The fraction of sp³-hybridized carbons (Fsp3) is 0.286. The Bertz CT molecular complexity index is 531. The van der Waals surface area contributed by atoms with Crippen molar-refractivity contribution in [1.29, 1.82) is 0 Å². The molecule has 1 aromatic rings. The van der Waals surface area contributed by atoms with Crippen molar-refractivity contribution in [2.75, 3.05) is 14.1 Å². The van der Waals surface area contributed by atoms with Crippen LogP contribution in [0.15, 0.2) is 41.5 Å². The lowest BCUT2D eigenvalue weighted by Crippen LogP contribution is -2.17. The number of rotatable bonds is 4. The first-order valence-electron chi connectivity index (χ1n) is 5.83. The van der Waals surface area contributed by atoms with Crippen LogP contribution in [0, 0.1) is 0 Å². The minimum atomic E-state index is -4.60. The van der Waals surface area contributed by atoms with Crippen LogP contribution in [-0.4, -0.2) is 36.8 Å². The van der Waals surface area contributed by atoms with Gasteiger partial charge in [-0.3, -0.25) is 4.79 Å². The van der Waals surface area contributed by atoms with Gasteiger partial charge in [-0.05, 0) is 12.5 Å². The van der Waals surface area contributed by atoms with Gasteiger partial charge in [0.05, 0.1) is 5.57 Å². The molecule has 0 aromatic heterocycles. The summed E-state index contributed by atoms with van der Waals surface area (Å²) in [6, 6.07) is 7.20. The van der Waals surface area contributed by atoms with Crippen molar-refractivity contribution < 1.29 is 18.0 Å². The molecule has 0 bridgehead atoms. The van der Waals surface area contributed by atoms with E-state index in [4.69, 9.17) is 0 Å². The maximum absolute atomic E-state index is 13.0. The Hall–Kier alpha value is -2.11. The molecule has 0 atom stereocenters. The third kappa shape index (κ3) is 4.53. The van der Waals surface area contributed by atoms with Gasteiger partial charge in [-0.25, -0.2) is 0 Å². The van der Waals surface area contributed by atoms with Crippen LogP contribution in [0.25, 0.3) is 5.57 Å². The number of ketones is 1. The molecule has 0 saturated carbocycles. The lowest BCUT2D eigenvalue weighted by Gasteiger charge is -2.12. The molecule has 108 valence electrons.